The van der Waals surface area contributed by atoms with Crippen LogP contribution in [-0.4, -0.2) is 0 Å². The zero-order valence-corrected chi connectivity index (χ0v) is 21.6. The second-order valence-corrected chi connectivity index (χ2v) is 11.8. The molecule has 176 valence electrons. The van der Waals surface area contributed by atoms with Crippen LogP contribution in [0.4, 0.5) is 0 Å². The molecular formula is C33H40N+. The van der Waals surface area contributed by atoms with Gasteiger partial charge in [-0.15, -0.1) is 0 Å². The minimum absolute atomic E-state index is 0.679. The van der Waals surface area contributed by atoms with Crippen molar-refractivity contribution < 1.29 is 4.57 Å². The highest BCUT2D eigenvalue weighted by Crippen LogP contribution is 2.54. The highest BCUT2D eigenvalue weighted by atomic mass is 14.9. The van der Waals surface area contributed by atoms with E-state index in [-0.39, 0.29) is 0 Å². The van der Waals surface area contributed by atoms with Crippen LogP contribution >= 0.6 is 0 Å². The van der Waals surface area contributed by atoms with Crippen molar-refractivity contribution in [2.75, 3.05) is 0 Å². The molecule has 6 rings (SSSR count). The first-order valence-electron chi connectivity index (χ1n) is 13.7. The number of hydrogen-bond donors (Lipinski definition) is 0. The summed E-state index contributed by atoms with van der Waals surface area (Å²) in [5.74, 6) is 0.716. The third-order valence-electron chi connectivity index (χ3n) is 9.71. The summed E-state index contributed by atoms with van der Waals surface area (Å²) in [5.41, 5.74) is 15.5. The summed E-state index contributed by atoms with van der Waals surface area (Å²) in [4.78, 5) is 0. The first kappa shape index (κ1) is 22.1. The fourth-order valence-corrected chi connectivity index (χ4v) is 7.67. The number of aromatic nitrogens is 1. The second-order valence-electron chi connectivity index (χ2n) is 11.8. The SMILES string of the molecule is Cc1cc(-c2c(C)cc(C3CCC4(CCCCC4)CC3)c3c2Cc2ccccc2-3)[n+](C)cc1C. The Morgan fingerprint density at radius 2 is 1.53 bits per heavy atom. The van der Waals surface area contributed by atoms with Gasteiger partial charge >= 0.3 is 0 Å². The van der Waals surface area contributed by atoms with E-state index in [1.54, 1.807) is 16.7 Å². The van der Waals surface area contributed by atoms with E-state index in [0.717, 1.165) is 6.42 Å². The molecule has 0 amide bonds. The van der Waals surface area contributed by atoms with Crippen molar-refractivity contribution in [3.8, 4) is 22.4 Å². The first-order valence-corrected chi connectivity index (χ1v) is 13.7. The number of hydrogen-bond acceptors (Lipinski definition) is 0. The summed E-state index contributed by atoms with van der Waals surface area (Å²) < 4.78 is 2.35. The molecule has 1 heterocycles. The number of aryl methyl sites for hydroxylation is 4. The number of nitrogens with zero attached hydrogens (tertiary/aromatic N) is 1. The monoisotopic (exact) mass is 450 g/mol. The molecule has 0 unspecified atom stereocenters. The summed E-state index contributed by atoms with van der Waals surface area (Å²) >= 11 is 0. The summed E-state index contributed by atoms with van der Waals surface area (Å²) in [6, 6.07) is 14.2. The van der Waals surface area contributed by atoms with E-state index in [9.17, 15) is 0 Å². The summed E-state index contributed by atoms with van der Waals surface area (Å²) in [5, 5.41) is 0. The van der Waals surface area contributed by atoms with Crippen molar-refractivity contribution in [1.29, 1.82) is 0 Å². The maximum absolute atomic E-state index is 2.59. The van der Waals surface area contributed by atoms with Gasteiger partial charge in [0, 0.05) is 11.6 Å². The van der Waals surface area contributed by atoms with Gasteiger partial charge in [0.1, 0.15) is 7.05 Å². The largest absolute Gasteiger partial charge is 0.213 e. The van der Waals surface area contributed by atoms with E-state index in [4.69, 9.17) is 0 Å². The van der Waals surface area contributed by atoms with Crippen LogP contribution in [0.15, 0.2) is 42.6 Å². The molecule has 0 bridgehead atoms. The Morgan fingerprint density at radius 1 is 0.794 bits per heavy atom. The van der Waals surface area contributed by atoms with E-state index >= 15 is 0 Å². The predicted octanol–water partition coefficient (Wildman–Crippen LogP) is 8.28. The van der Waals surface area contributed by atoms with E-state index in [2.05, 4.69) is 75.0 Å². The fourth-order valence-electron chi connectivity index (χ4n) is 7.67. The van der Waals surface area contributed by atoms with Crippen LogP contribution in [0.25, 0.3) is 22.4 Å². The summed E-state index contributed by atoms with van der Waals surface area (Å²) in [6.45, 7) is 6.83. The van der Waals surface area contributed by atoms with Crippen LogP contribution in [0.3, 0.4) is 0 Å². The Hall–Kier alpha value is -2.41. The maximum atomic E-state index is 2.59. The molecule has 3 aliphatic rings. The molecule has 2 aromatic carbocycles. The van der Waals surface area contributed by atoms with E-state index in [1.165, 1.54) is 96.9 Å². The Balaban J connectivity index is 1.47. The van der Waals surface area contributed by atoms with Gasteiger partial charge in [-0.25, -0.2) is 4.57 Å². The minimum atomic E-state index is 0.679. The van der Waals surface area contributed by atoms with Gasteiger partial charge in [-0.3, -0.25) is 0 Å². The van der Waals surface area contributed by atoms with Gasteiger partial charge in [0.25, 0.3) is 0 Å². The molecule has 0 N–H and O–H groups in total. The molecule has 0 radical (unpaired) electrons. The molecule has 1 aromatic heterocycles. The molecule has 1 heteroatoms. The van der Waals surface area contributed by atoms with Crippen LogP contribution in [0, 0.1) is 26.2 Å². The third-order valence-corrected chi connectivity index (χ3v) is 9.71. The second kappa shape index (κ2) is 8.36. The highest BCUT2D eigenvalue weighted by Gasteiger charge is 2.38. The number of pyridine rings is 1. The number of rotatable bonds is 2. The molecular weight excluding hydrogens is 410 g/mol. The lowest BCUT2D eigenvalue weighted by Gasteiger charge is -2.43. The molecule has 1 nitrogen and oxygen atoms in total. The fraction of sp³-hybridized carbons (Fsp3) is 0.485. The van der Waals surface area contributed by atoms with Gasteiger partial charge in [-0.1, -0.05) is 49.6 Å². The summed E-state index contributed by atoms with van der Waals surface area (Å²) in [6.07, 6.45) is 16.4. The number of fused-ring (bicyclic) bond motifs is 3. The lowest BCUT2D eigenvalue weighted by atomic mass is 9.62. The van der Waals surface area contributed by atoms with Crippen LogP contribution in [0.5, 0.6) is 0 Å². The Bertz CT molecular complexity index is 1250. The van der Waals surface area contributed by atoms with Crippen molar-refractivity contribution >= 4 is 0 Å². The Labute approximate surface area is 206 Å². The van der Waals surface area contributed by atoms with E-state index in [1.807, 2.05) is 0 Å². The molecule has 34 heavy (non-hydrogen) atoms. The molecule has 0 atom stereocenters. The van der Waals surface area contributed by atoms with Gasteiger partial charge in [0.15, 0.2) is 6.20 Å². The van der Waals surface area contributed by atoms with E-state index in [0.29, 0.717) is 11.3 Å². The van der Waals surface area contributed by atoms with Crippen molar-refractivity contribution in [3.05, 3.63) is 76.0 Å². The maximum Gasteiger partial charge on any atom is 0.213 e. The standard InChI is InChI=1S/C33H40N/c1-22-19-30(34(4)21-24(22)3)31-23(2)18-28(32-27-11-7-6-10-26(27)20-29(31)32)25-12-16-33(17-13-25)14-8-5-9-15-33/h6-7,10-11,18-19,21,25H,5,8-9,12-17,20H2,1-4H3/q+1. The van der Waals surface area contributed by atoms with E-state index < -0.39 is 0 Å². The molecule has 0 aliphatic heterocycles. The molecule has 3 aliphatic carbocycles. The molecule has 2 saturated carbocycles. The average Bonchev–Trinajstić information content (AvgIpc) is 3.22. The smallest absolute Gasteiger partial charge is 0.201 e. The highest BCUT2D eigenvalue weighted by molar-refractivity contribution is 5.87. The van der Waals surface area contributed by atoms with Crippen LogP contribution in [-0.2, 0) is 13.5 Å². The summed E-state index contributed by atoms with van der Waals surface area (Å²) in [7, 11) is 2.22. The van der Waals surface area contributed by atoms with Crippen LogP contribution in [0.1, 0.15) is 97.1 Å². The normalized spacial score (nSPS) is 19.3. The molecule has 3 aromatic rings. The molecule has 1 spiro atoms. The van der Waals surface area contributed by atoms with Gasteiger partial charge in [0.05, 0.1) is 5.56 Å². The first-order chi connectivity index (χ1) is 16.5. The molecule has 2 fully saturated rings. The molecule has 0 saturated heterocycles. The van der Waals surface area contributed by atoms with Gasteiger partial charge in [-0.2, -0.15) is 0 Å². The minimum Gasteiger partial charge on any atom is -0.201 e. The lowest BCUT2D eigenvalue weighted by molar-refractivity contribution is -0.660. The van der Waals surface area contributed by atoms with Gasteiger partial charge < -0.3 is 0 Å². The van der Waals surface area contributed by atoms with Crippen molar-refractivity contribution in [1.82, 2.24) is 0 Å². The third kappa shape index (κ3) is 3.55. The van der Waals surface area contributed by atoms with Gasteiger partial charge in [-0.05, 0) is 116 Å². The quantitative estimate of drug-likeness (QED) is 0.270. The predicted molar refractivity (Wildman–Crippen MR) is 142 cm³/mol. The zero-order chi connectivity index (χ0) is 23.4. The Kier molecular flexibility index (Phi) is 5.43. The van der Waals surface area contributed by atoms with Crippen LogP contribution < -0.4 is 4.57 Å². The average molecular weight is 451 g/mol. The lowest BCUT2D eigenvalue weighted by Crippen LogP contribution is -2.32. The van der Waals surface area contributed by atoms with Gasteiger partial charge in [0.2, 0.25) is 5.69 Å². The topological polar surface area (TPSA) is 3.88 Å². The Morgan fingerprint density at radius 3 is 2.29 bits per heavy atom. The van der Waals surface area contributed by atoms with Crippen molar-refractivity contribution in [2.24, 2.45) is 12.5 Å². The van der Waals surface area contributed by atoms with Crippen molar-refractivity contribution in [3.63, 3.8) is 0 Å². The van der Waals surface area contributed by atoms with Crippen LogP contribution in [0.2, 0.25) is 0 Å². The van der Waals surface area contributed by atoms with Crippen molar-refractivity contribution in [2.45, 2.75) is 90.9 Å². The number of benzene rings is 2. The zero-order valence-electron chi connectivity index (χ0n) is 21.6.